The number of hydrogen-bond acceptors (Lipinski definition) is 5. The fourth-order valence-corrected chi connectivity index (χ4v) is 5.12. The van der Waals surface area contributed by atoms with Crippen LogP contribution < -0.4 is 10.6 Å². The first-order valence-corrected chi connectivity index (χ1v) is 11.9. The highest BCUT2D eigenvalue weighted by molar-refractivity contribution is 5.86. The molecular weight excluding hydrogens is 448 g/mol. The minimum atomic E-state index is -1.04. The summed E-state index contributed by atoms with van der Waals surface area (Å²) >= 11 is 0. The normalized spacial score (nSPS) is 20.7. The number of fused-ring (bicyclic) bond motifs is 3. The van der Waals surface area contributed by atoms with E-state index in [1.54, 1.807) is 7.11 Å². The fourth-order valence-electron chi connectivity index (χ4n) is 5.12. The van der Waals surface area contributed by atoms with Crippen LogP contribution in [0.1, 0.15) is 50.2 Å². The minimum Gasteiger partial charge on any atom is -0.481 e. The largest absolute Gasteiger partial charge is 0.481 e. The predicted molar refractivity (Wildman–Crippen MR) is 130 cm³/mol. The molecule has 3 N–H and O–H groups in total. The maximum atomic E-state index is 12.9. The lowest BCUT2D eigenvalue weighted by atomic mass is 9.64. The van der Waals surface area contributed by atoms with E-state index in [9.17, 15) is 14.4 Å². The molecule has 3 unspecified atom stereocenters. The van der Waals surface area contributed by atoms with Gasteiger partial charge < -0.3 is 25.2 Å². The molecule has 2 aromatic carbocycles. The Morgan fingerprint density at radius 2 is 1.66 bits per heavy atom. The molecule has 0 saturated heterocycles. The van der Waals surface area contributed by atoms with Crippen LogP contribution in [0.3, 0.4) is 0 Å². The third-order valence-corrected chi connectivity index (χ3v) is 7.38. The van der Waals surface area contributed by atoms with Crippen molar-refractivity contribution in [2.24, 2.45) is 5.41 Å². The van der Waals surface area contributed by atoms with Crippen LogP contribution in [0.2, 0.25) is 0 Å². The van der Waals surface area contributed by atoms with Crippen molar-refractivity contribution < 1.29 is 29.0 Å². The summed E-state index contributed by atoms with van der Waals surface area (Å²) in [6, 6.07) is 14.9. The number of carbonyl (C=O) groups is 3. The Morgan fingerprint density at radius 1 is 1.06 bits per heavy atom. The standard InChI is InChI=1S/C27H32N2O6/c1-27(2)22(14-23(27)34-3)29-25(32)21(12-13-24(30)31)28-26(33)35-15-20-18-10-6-4-8-16(18)17-9-5-7-11-19(17)20/h4-11,20-23H,12-15H2,1-3H3,(H,28,33)(H,29,32)(H,30,31). The van der Waals surface area contributed by atoms with E-state index in [0.717, 1.165) is 22.3 Å². The maximum Gasteiger partial charge on any atom is 0.407 e. The van der Waals surface area contributed by atoms with E-state index in [1.165, 1.54) is 0 Å². The average Bonchev–Trinajstić information content (AvgIpc) is 3.16. The number of carboxylic acids is 1. The van der Waals surface area contributed by atoms with Gasteiger partial charge in [-0.25, -0.2) is 4.79 Å². The highest BCUT2D eigenvalue weighted by atomic mass is 16.5. The van der Waals surface area contributed by atoms with Gasteiger partial charge in [-0.15, -0.1) is 0 Å². The molecule has 8 heteroatoms. The lowest BCUT2D eigenvalue weighted by Crippen LogP contribution is -2.64. The third kappa shape index (κ3) is 5.03. The molecule has 1 fully saturated rings. The second-order valence-electron chi connectivity index (χ2n) is 9.80. The molecule has 4 rings (SSSR count). The van der Waals surface area contributed by atoms with Gasteiger partial charge in [0, 0.05) is 30.9 Å². The SMILES string of the molecule is COC1CC(NC(=O)C(CCC(=O)O)NC(=O)OCC2c3ccccc3-c3ccccc32)C1(C)C. The molecule has 8 nitrogen and oxygen atoms in total. The number of hydrogen-bond donors (Lipinski definition) is 3. The molecule has 2 aliphatic carbocycles. The molecule has 35 heavy (non-hydrogen) atoms. The molecule has 3 atom stereocenters. The Kier molecular flexibility index (Phi) is 7.12. The highest BCUT2D eigenvalue weighted by Gasteiger charge is 2.49. The van der Waals surface area contributed by atoms with Crippen LogP contribution in [0, 0.1) is 5.41 Å². The summed E-state index contributed by atoms with van der Waals surface area (Å²) in [5.74, 6) is -1.57. The van der Waals surface area contributed by atoms with Gasteiger partial charge in [-0.1, -0.05) is 62.4 Å². The third-order valence-electron chi connectivity index (χ3n) is 7.38. The number of carboxylic acid groups (broad SMARTS) is 1. The van der Waals surface area contributed by atoms with Crippen molar-refractivity contribution in [1.82, 2.24) is 10.6 Å². The summed E-state index contributed by atoms with van der Waals surface area (Å²) in [4.78, 5) is 36.8. The number of amides is 2. The molecule has 0 bridgehead atoms. The first-order chi connectivity index (χ1) is 16.7. The molecule has 2 aromatic rings. The van der Waals surface area contributed by atoms with Gasteiger partial charge in [-0.3, -0.25) is 9.59 Å². The zero-order valence-corrected chi connectivity index (χ0v) is 20.2. The molecule has 0 radical (unpaired) electrons. The Morgan fingerprint density at radius 3 is 2.20 bits per heavy atom. The van der Waals surface area contributed by atoms with Crippen LogP contribution in [0.5, 0.6) is 0 Å². The van der Waals surface area contributed by atoms with Crippen molar-refractivity contribution in [3.63, 3.8) is 0 Å². The van der Waals surface area contributed by atoms with Crippen molar-refractivity contribution in [2.45, 2.75) is 57.2 Å². The van der Waals surface area contributed by atoms with E-state index in [-0.39, 0.29) is 42.9 Å². The molecule has 0 heterocycles. The van der Waals surface area contributed by atoms with Gasteiger partial charge in [0.05, 0.1) is 6.10 Å². The lowest BCUT2D eigenvalue weighted by Gasteiger charge is -2.51. The van der Waals surface area contributed by atoms with Crippen LogP contribution >= 0.6 is 0 Å². The number of nitrogens with one attached hydrogen (secondary N) is 2. The van der Waals surface area contributed by atoms with Crippen molar-refractivity contribution in [1.29, 1.82) is 0 Å². The Balaban J connectivity index is 1.39. The van der Waals surface area contributed by atoms with Crippen molar-refractivity contribution in [3.05, 3.63) is 59.7 Å². The summed E-state index contributed by atoms with van der Waals surface area (Å²) in [5, 5.41) is 14.6. The van der Waals surface area contributed by atoms with E-state index in [0.29, 0.717) is 6.42 Å². The quantitative estimate of drug-likeness (QED) is 0.504. The van der Waals surface area contributed by atoms with Crippen LogP contribution in [-0.2, 0) is 19.1 Å². The van der Waals surface area contributed by atoms with Crippen molar-refractivity contribution >= 4 is 18.0 Å². The summed E-state index contributed by atoms with van der Waals surface area (Å²) in [7, 11) is 1.64. The molecular formula is C27H32N2O6. The van der Waals surface area contributed by atoms with Crippen molar-refractivity contribution in [2.75, 3.05) is 13.7 Å². The van der Waals surface area contributed by atoms with Crippen LogP contribution in [-0.4, -0.2) is 55.0 Å². The smallest absolute Gasteiger partial charge is 0.407 e. The Hall–Kier alpha value is -3.39. The second kappa shape index (κ2) is 10.1. The van der Waals surface area contributed by atoms with Gasteiger partial charge in [-0.2, -0.15) is 0 Å². The van der Waals surface area contributed by atoms with Crippen molar-refractivity contribution in [3.8, 4) is 11.1 Å². The van der Waals surface area contributed by atoms with Gasteiger partial charge in [0.1, 0.15) is 12.6 Å². The van der Waals surface area contributed by atoms with Crippen LogP contribution in [0.4, 0.5) is 4.79 Å². The molecule has 1 saturated carbocycles. The first kappa shape index (κ1) is 24.7. The van der Waals surface area contributed by atoms with E-state index >= 15 is 0 Å². The molecule has 2 amide bonds. The van der Waals surface area contributed by atoms with E-state index in [4.69, 9.17) is 14.6 Å². The van der Waals surface area contributed by atoms with Crippen LogP contribution in [0.15, 0.2) is 48.5 Å². The van der Waals surface area contributed by atoms with Crippen LogP contribution in [0.25, 0.3) is 11.1 Å². The van der Waals surface area contributed by atoms with Gasteiger partial charge in [0.25, 0.3) is 0 Å². The summed E-state index contributed by atoms with van der Waals surface area (Å²) in [6.07, 6.45) is -0.352. The topological polar surface area (TPSA) is 114 Å². The molecule has 2 aliphatic rings. The van der Waals surface area contributed by atoms with E-state index in [2.05, 4.69) is 22.8 Å². The predicted octanol–water partition coefficient (Wildman–Crippen LogP) is 3.69. The Bertz CT molecular complexity index is 1070. The molecule has 0 spiro atoms. The fraction of sp³-hybridized carbons (Fsp3) is 0.444. The minimum absolute atomic E-state index is 0.0281. The number of benzene rings is 2. The maximum absolute atomic E-state index is 12.9. The molecule has 186 valence electrons. The molecule has 0 aromatic heterocycles. The average molecular weight is 481 g/mol. The van der Waals surface area contributed by atoms with E-state index < -0.39 is 24.0 Å². The molecule has 0 aliphatic heterocycles. The van der Waals surface area contributed by atoms with Gasteiger partial charge in [0.2, 0.25) is 5.91 Å². The first-order valence-electron chi connectivity index (χ1n) is 11.9. The van der Waals surface area contributed by atoms with Gasteiger partial charge in [0.15, 0.2) is 0 Å². The van der Waals surface area contributed by atoms with Gasteiger partial charge >= 0.3 is 12.1 Å². The number of ether oxygens (including phenoxy) is 2. The summed E-state index contributed by atoms with van der Waals surface area (Å²) in [6.45, 7) is 4.11. The number of rotatable bonds is 9. The number of carbonyl (C=O) groups excluding carboxylic acids is 2. The second-order valence-corrected chi connectivity index (χ2v) is 9.80. The van der Waals surface area contributed by atoms with Gasteiger partial charge in [-0.05, 0) is 35.1 Å². The van der Waals surface area contributed by atoms with E-state index in [1.807, 2.05) is 50.2 Å². The number of aliphatic carboxylic acids is 1. The monoisotopic (exact) mass is 480 g/mol. The lowest BCUT2D eigenvalue weighted by molar-refractivity contribution is -0.138. The summed E-state index contributed by atoms with van der Waals surface area (Å²) < 4.78 is 11.0. The number of methoxy groups -OCH3 is 1. The summed E-state index contributed by atoms with van der Waals surface area (Å²) in [5.41, 5.74) is 4.15. The number of alkyl carbamates (subject to hydrolysis) is 1. The highest BCUT2D eigenvalue weighted by Crippen LogP contribution is 2.44. The zero-order valence-electron chi connectivity index (χ0n) is 20.2. The Labute approximate surface area is 205 Å². The zero-order chi connectivity index (χ0) is 25.2.